The van der Waals surface area contributed by atoms with Gasteiger partial charge in [0, 0.05) is 6.04 Å². The summed E-state index contributed by atoms with van der Waals surface area (Å²) in [4.78, 5) is 12.9. The molecular formula is C9H19N3O3. The second-order valence-electron chi connectivity index (χ2n) is 3.75. The van der Waals surface area contributed by atoms with Crippen LogP contribution in [0.2, 0.25) is 0 Å². The highest BCUT2D eigenvalue weighted by Crippen LogP contribution is 2.03. The Morgan fingerprint density at radius 1 is 1.47 bits per heavy atom. The summed E-state index contributed by atoms with van der Waals surface area (Å²) in [6, 6.07) is -0.0726. The van der Waals surface area contributed by atoms with E-state index in [0.717, 1.165) is 0 Å². The molecule has 0 rings (SSSR count). The summed E-state index contributed by atoms with van der Waals surface area (Å²) in [6.45, 7) is 7.23. The van der Waals surface area contributed by atoms with Crippen LogP contribution in [0, 0.1) is 0 Å². The van der Waals surface area contributed by atoms with Crippen LogP contribution in [0.15, 0.2) is 5.16 Å². The van der Waals surface area contributed by atoms with Crippen LogP contribution in [0.5, 0.6) is 0 Å². The van der Waals surface area contributed by atoms with E-state index in [2.05, 4.69) is 5.16 Å². The van der Waals surface area contributed by atoms with Crippen LogP contribution in [0.4, 0.5) is 4.79 Å². The number of carbonyl (C=O) groups is 1. The lowest BCUT2D eigenvalue weighted by atomic mass is 10.3. The van der Waals surface area contributed by atoms with Crippen molar-refractivity contribution in [3.63, 3.8) is 0 Å². The van der Waals surface area contributed by atoms with Gasteiger partial charge in [-0.3, -0.25) is 4.90 Å². The van der Waals surface area contributed by atoms with Crippen LogP contribution in [-0.4, -0.2) is 40.7 Å². The van der Waals surface area contributed by atoms with Gasteiger partial charge in [-0.05, 0) is 27.7 Å². The number of amidine groups is 1. The molecule has 0 fully saturated rings. The van der Waals surface area contributed by atoms with E-state index in [-0.39, 0.29) is 24.5 Å². The van der Waals surface area contributed by atoms with E-state index in [4.69, 9.17) is 15.7 Å². The maximum atomic E-state index is 11.6. The fourth-order valence-corrected chi connectivity index (χ4v) is 0.933. The van der Waals surface area contributed by atoms with Crippen LogP contribution < -0.4 is 5.73 Å². The fraction of sp³-hybridized carbons (Fsp3) is 0.778. The van der Waals surface area contributed by atoms with Gasteiger partial charge >= 0.3 is 6.09 Å². The third-order valence-electron chi connectivity index (χ3n) is 1.66. The molecule has 15 heavy (non-hydrogen) atoms. The number of hydrogen-bond acceptors (Lipinski definition) is 4. The highest BCUT2D eigenvalue weighted by atomic mass is 16.6. The number of hydrogen-bond donors (Lipinski definition) is 2. The molecule has 88 valence electrons. The number of rotatable bonds is 4. The van der Waals surface area contributed by atoms with Gasteiger partial charge in [0.1, 0.15) is 0 Å². The average Bonchev–Trinajstić information content (AvgIpc) is 2.11. The normalized spacial score (nSPS) is 12.0. The van der Waals surface area contributed by atoms with Gasteiger partial charge in [0.25, 0.3) is 0 Å². The minimum atomic E-state index is -0.466. The quantitative estimate of drug-likeness (QED) is 0.318. The molecule has 6 heteroatoms. The van der Waals surface area contributed by atoms with Gasteiger partial charge in [-0.1, -0.05) is 5.16 Å². The van der Waals surface area contributed by atoms with E-state index in [1.165, 1.54) is 4.90 Å². The molecule has 0 aromatic rings. The molecule has 0 aromatic heterocycles. The molecule has 0 saturated heterocycles. The van der Waals surface area contributed by atoms with Gasteiger partial charge in [-0.2, -0.15) is 0 Å². The van der Waals surface area contributed by atoms with Crippen LogP contribution in [0.3, 0.4) is 0 Å². The zero-order valence-corrected chi connectivity index (χ0v) is 9.60. The number of nitrogens with two attached hydrogens (primary N) is 1. The van der Waals surface area contributed by atoms with Crippen molar-refractivity contribution in [2.75, 3.05) is 6.54 Å². The third kappa shape index (κ3) is 5.09. The SMILES string of the molecule is CC(C)OC(=O)N(CC(N)=NO)C(C)C. The summed E-state index contributed by atoms with van der Waals surface area (Å²) in [5, 5.41) is 11.2. The maximum absolute atomic E-state index is 11.6. The topological polar surface area (TPSA) is 88.2 Å². The predicted molar refractivity (Wildman–Crippen MR) is 56.9 cm³/mol. The zero-order valence-electron chi connectivity index (χ0n) is 9.60. The molecule has 0 spiro atoms. The maximum Gasteiger partial charge on any atom is 0.410 e. The second-order valence-corrected chi connectivity index (χ2v) is 3.75. The third-order valence-corrected chi connectivity index (χ3v) is 1.66. The zero-order chi connectivity index (χ0) is 12.0. The first-order chi connectivity index (χ1) is 6.88. The molecule has 0 aliphatic rings. The Hall–Kier alpha value is -1.46. The van der Waals surface area contributed by atoms with Crippen LogP contribution in [-0.2, 0) is 4.74 Å². The van der Waals surface area contributed by atoms with Crippen LogP contribution in [0.25, 0.3) is 0 Å². The van der Waals surface area contributed by atoms with Crippen molar-refractivity contribution in [3.05, 3.63) is 0 Å². The summed E-state index contributed by atoms with van der Waals surface area (Å²) >= 11 is 0. The first kappa shape index (κ1) is 13.5. The van der Waals surface area contributed by atoms with Crippen molar-refractivity contribution in [2.24, 2.45) is 10.9 Å². The first-order valence-electron chi connectivity index (χ1n) is 4.82. The first-order valence-corrected chi connectivity index (χ1v) is 4.82. The molecule has 1 amide bonds. The summed E-state index contributed by atoms with van der Waals surface area (Å²) in [6.07, 6.45) is -0.655. The van der Waals surface area contributed by atoms with Crippen molar-refractivity contribution < 1.29 is 14.7 Å². The molecule has 0 heterocycles. The number of carbonyl (C=O) groups excluding carboxylic acids is 1. The van der Waals surface area contributed by atoms with E-state index in [9.17, 15) is 4.79 Å². The molecule has 0 saturated carbocycles. The summed E-state index contributed by atoms with van der Waals surface area (Å²) in [5.74, 6) is -0.0237. The predicted octanol–water partition coefficient (Wildman–Crippen LogP) is 0.988. The summed E-state index contributed by atoms with van der Waals surface area (Å²) in [7, 11) is 0. The van der Waals surface area contributed by atoms with Crippen LogP contribution >= 0.6 is 0 Å². The van der Waals surface area contributed by atoms with E-state index in [1.807, 2.05) is 13.8 Å². The molecule has 0 aliphatic heterocycles. The number of nitrogens with zero attached hydrogens (tertiary/aromatic N) is 2. The lowest BCUT2D eigenvalue weighted by molar-refractivity contribution is 0.0728. The van der Waals surface area contributed by atoms with Gasteiger partial charge in [-0.15, -0.1) is 0 Å². The summed E-state index contributed by atoms with van der Waals surface area (Å²) < 4.78 is 5.01. The molecule has 0 aliphatic carbocycles. The monoisotopic (exact) mass is 217 g/mol. The molecule has 0 atom stereocenters. The Morgan fingerprint density at radius 2 is 2.00 bits per heavy atom. The Bertz CT molecular complexity index is 239. The van der Waals surface area contributed by atoms with Gasteiger partial charge < -0.3 is 15.7 Å². The van der Waals surface area contributed by atoms with Gasteiger partial charge in [0.15, 0.2) is 5.84 Å². The van der Waals surface area contributed by atoms with Crippen molar-refractivity contribution in [2.45, 2.75) is 39.8 Å². The standard InChI is InChI=1S/C9H19N3O3/c1-6(2)12(5-8(10)11-14)9(13)15-7(3)4/h6-7,14H,5H2,1-4H3,(H2,10,11). The Balaban J connectivity index is 4.46. The van der Waals surface area contributed by atoms with Crippen molar-refractivity contribution >= 4 is 11.9 Å². The number of oxime groups is 1. The van der Waals surface area contributed by atoms with E-state index in [0.29, 0.717) is 0 Å². The fourth-order valence-electron chi connectivity index (χ4n) is 0.933. The van der Waals surface area contributed by atoms with Crippen molar-refractivity contribution in [3.8, 4) is 0 Å². The van der Waals surface area contributed by atoms with E-state index >= 15 is 0 Å². The summed E-state index contributed by atoms with van der Waals surface area (Å²) in [5.41, 5.74) is 5.33. The van der Waals surface area contributed by atoms with Gasteiger partial charge in [-0.25, -0.2) is 4.79 Å². The Labute approximate surface area is 89.7 Å². The minimum absolute atomic E-state index is 0.0237. The Kier molecular flexibility index (Phi) is 5.51. The average molecular weight is 217 g/mol. The lowest BCUT2D eigenvalue weighted by Gasteiger charge is -2.26. The minimum Gasteiger partial charge on any atom is -0.447 e. The highest BCUT2D eigenvalue weighted by molar-refractivity contribution is 5.85. The Morgan fingerprint density at radius 3 is 2.33 bits per heavy atom. The molecule has 0 bridgehead atoms. The van der Waals surface area contributed by atoms with E-state index in [1.54, 1.807) is 13.8 Å². The van der Waals surface area contributed by atoms with Crippen LogP contribution in [0.1, 0.15) is 27.7 Å². The highest BCUT2D eigenvalue weighted by Gasteiger charge is 2.20. The molecule has 0 radical (unpaired) electrons. The largest absolute Gasteiger partial charge is 0.447 e. The number of ether oxygens (including phenoxy) is 1. The molecule has 6 nitrogen and oxygen atoms in total. The molecular weight excluding hydrogens is 198 g/mol. The van der Waals surface area contributed by atoms with Gasteiger partial charge in [0.2, 0.25) is 0 Å². The lowest BCUT2D eigenvalue weighted by Crippen LogP contribution is -2.43. The van der Waals surface area contributed by atoms with Gasteiger partial charge in [0.05, 0.1) is 12.6 Å². The molecule has 3 N–H and O–H groups in total. The molecule has 0 unspecified atom stereocenters. The van der Waals surface area contributed by atoms with E-state index < -0.39 is 6.09 Å². The smallest absolute Gasteiger partial charge is 0.410 e. The second kappa shape index (κ2) is 6.10. The number of amides is 1. The van der Waals surface area contributed by atoms with Crippen molar-refractivity contribution in [1.29, 1.82) is 0 Å². The molecule has 0 aromatic carbocycles. The van der Waals surface area contributed by atoms with Crippen molar-refractivity contribution in [1.82, 2.24) is 4.90 Å².